The van der Waals surface area contributed by atoms with Gasteiger partial charge in [0, 0.05) is 12.7 Å². The Kier molecular flexibility index (Phi) is 1.40. The van der Waals surface area contributed by atoms with Gasteiger partial charge in [-0.25, -0.2) is 4.79 Å². The van der Waals surface area contributed by atoms with Gasteiger partial charge >= 0.3 is 5.97 Å². The number of nitrogens with one attached hydrogen (secondary N) is 1. The zero-order valence-electron chi connectivity index (χ0n) is 6.32. The van der Waals surface area contributed by atoms with Crippen LogP contribution in [0, 0.1) is 0 Å². The van der Waals surface area contributed by atoms with Crippen LogP contribution in [0.2, 0.25) is 0 Å². The lowest BCUT2D eigenvalue weighted by molar-refractivity contribution is 0.0697. The van der Waals surface area contributed by atoms with E-state index in [1.54, 1.807) is 16.9 Å². The van der Waals surface area contributed by atoms with Gasteiger partial charge in [0.05, 0.1) is 11.3 Å². The molecule has 2 N–H and O–H groups in total. The van der Waals surface area contributed by atoms with Gasteiger partial charge in [-0.05, 0) is 12.1 Å². The molecule has 0 spiro atoms. The highest BCUT2D eigenvalue weighted by molar-refractivity contribution is 5.88. The third-order valence-electron chi connectivity index (χ3n) is 1.76. The fourth-order valence-electron chi connectivity index (χ4n) is 1.19. The van der Waals surface area contributed by atoms with Gasteiger partial charge in [0.15, 0.2) is 0 Å². The standard InChI is InChI=1S/C8H8N2O2/c11-8(12)6-4-7-2-1-3-9-10(7)5-6/h1-2,4-5,9H,3H2,(H,11,12). The minimum atomic E-state index is -0.896. The highest BCUT2D eigenvalue weighted by Gasteiger charge is 2.10. The average Bonchev–Trinajstić information content (AvgIpc) is 2.46. The Morgan fingerprint density at radius 2 is 2.50 bits per heavy atom. The van der Waals surface area contributed by atoms with Crippen molar-refractivity contribution in [3.05, 3.63) is 29.6 Å². The van der Waals surface area contributed by atoms with Crippen molar-refractivity contribution >= 4 is 12.0 Å². The van der Waals surface area contributed by atoms with E-state index in [-0.39, 0.29) is 0 Å². The maximum absolute atomic E-state index is 10.6. The summed E-state index contributed by atoms with van der Waals surface area (Å²) in [4.78, 5) is 10.6. The quantitative estimate of drug-likeness (QED) is 0.644. The molecule has 0 aliphatic carbocycles. The van der Waals surface area contributed by atoms with E-state index in [2.05, 4.69) is 5.43 Å². The van der Waals surface area contributed by atoms with Crippen molar-refractivity contribution in [2.75, 3.05) is 12.0 Å². The third kappa shape index (κ3) is 0.972. The third-order valence-corrected chi connectivity index (χ3v) is 1.76. The van der Waals surface area contributed by atoms with Gasteiger partial charge in [0.1, 0.15) is 0 Å². The van der Waals surface area contributed by atoms with E-state index in [9.17, 15) is 4.79 Å². The second-order valence-corrected chi connectivity index (χ2v) is 2.59. The summed E-state index contributed by atoms with van der Waals surface area (Å²) in [6.07, 6.45) is 5.41. The molecular weight excluding hydrogens is 156 g/mol. The highest BCUT2D eigenvalue weighted by atomic mass is 16.4. The summed E-state index contributed by atoms with van der Waals surface area (Å²) in [6.45, 7) is 0.737. The Labute approximate surface area is 69.1 Å². The van der Waals surface area contributed by atoms with Crippen molar-refractivity contribution in [2.24, 2.45) is 0 Å². The molecular formula is C8H8N2O2. The lowest BCUT2D eigenvalue weighted by atomic mass is 10.3. The summed E-state index contributed by atoms with van der Waals surface area (Å²) < 4.78 is 1.71. The van der Waals surface area contributed by atoms with E-state index in [1.807, 2.05) is 12.2 Å². The van der Waals surface area contributed by atoms with Gasteiger partial charge in [0.2, 0.25) is 0 Å². The number of fused-ring (bicyclic) bond motifs is 1. The molecule has 0 aromatic carbocycles. The monoisotopic (exact) mass is 164 g/mol. The Balaban J connectivity index is 2.46. The van der Waals surface area contributed by atoms with E-state index < -0.39 is 5.97 Å². The van der Waals surface area contributed by atoms with Gasteiger partial charge < -0.3 is 10.5 Å². The lowest BCUT2D eigenvalue weighted by Crippen LogP contribution is -2.17. The van der Waals surface area contributed by atoms with Crippen LogP contribution in [0.15, 0.2) is 18.3 Å². The molecule has 4 nitrogen and oxygen atoms in total. The van der Waals surface area contributed by atoms with Gasteiger partial charge in [-0.3, -0.25) is 4.68 Å². The van der Waals surface area contributed by atoms with Gasteiger partial charge in [-0.1, -0.05) is 6.08 Å². The summed E-state index contributed by atoms with van der Waals surface area (Å²) in [5.74, 6) is -0.896. The molecule has 1 aliphatic rings. The van der Waals surface area contributed by atoms with Crippen LogP contribution in [-0.4, -0.2) is 22.3 Å². The van der Waals surface area contributed by atoms with Crippen LogP contribution in [-0.2, 0) is 0 Å². The van der Waals surface area contributed by atoms with E-state index in [0.717, 1.165) is 12.2 Å². The molecule has 0 saturated heterocycles. The lowest BCUT2D eigenvalue weighted by Gasteiger charge is -2.11. The maximum Gasteiger partial charge on any atom is 0.337 e. The van der Waals surface area contributed by atoms with Crippen LogP contribution >= 0.6 is 0 Å². The van der Waals surface area contributed by atoms with E-state index >= 15 is 0 Å². The van der Waals surface area contributed by atoms with Crippen molar-refractivity contribution in [2.45, 2.75) is 0 Å². The van der Waals surface area contributed by atoms with Gasteiger partial charge in [-0.15, -0.1) is 0 Å². The topological polar surface area (TPSA) is 54.3 Å². The van der Waals surface area contributed by atoms with Crippen LogP contribution in [0.4, 0.5) is 0 Å². The van der Waals surface area contributed by atoms with Crippen LogP contribution in [0.25, 0.3) is 6.08 Å². The van der Waals surface area contributed by atoms with Crippen LogP contribution in [0.5, 0.6) is 0 Å². The van der Waals surface area contributed by atoms with E-state index in [1.165, 1.54) is 0 Å². The summed E-state index contributed by atoms with van der Waals surface area (Å²) in [6, 6.07) is 1.63. The first kappa shape index (κ1) is 6.97. The Hall–Kier alpha value is -1.71. The molecule has 0 amide bonds. The van der Waals surface area contributed by atoms with Crippen LogP contribution in [0.1, 0.15) is 16.1 Å². The minimum absolute atomic E-state index is 0.309. The Morgan fingerprint density at radius 3 is 3.17 bits per heavy atom. The van der Waals surface area contributed by atoms with Crippen molar-refractivity contribution in [1.82, 2.24) is 4.68 Å². The summed E-state index contributed by atoms with van der Waals surface area (Å²) in [5, 5.41) is 8.67. The molecule has 0 bridgehead atoms. The Bertz CT molecular complexity index is 352. The number of aromatic carboxylic acids is 1. The van der Waals surface area contributed by atoms with Crippen molar-refractivity contribution in [3.8, 4) is 0 Å². The van der Waals surface area contributed by atoms with Crippen molar-refractivity contribution in [3.63, 3.8) is 0 Å². The zero-order valence-corrected chi connectivity index (χ0v) is 6.32. The Morgan fingerprint density at radius 1 is 1.67 bits per heavy atom. The number of hydrogen-bond donors (Lipinski definition) is 2. The molecule has 0 radical (unpaired) electrons. The van der Waals surface area contributed by atoms with Gasteiger partial charge in [0.25, 0.3) is 0 Å². The maximum atomic E-state index is 10.6. The molecule has 0 saturated carbocycles. The molecule has 1 aromatic rings. The predicted octanol–water partition coefficient (Wildman–Crippen LogP) is 0.757. The number of aromatic nitrogens is 1. The van der Waals surface area contributed by atoms with Crippen LogP contribution in [0.3, 0.4) is 0 Å². The summed E-state index contributed by atoms with van der Waals surface area (Å²) >= 11 is 0. The second-order valence-electron chi connectivity index (χ2n) is 2.59. The number of carboxylic acid groups (broad SMARTS) is 1. The van der Waals surface area contributed by atoms with Crippen LogP contribution < -0.4 is 5.43 Å². The molecule has 0 atom stereocenters. The van der Waals surface area contributed by atoms with Gasteiger partial charge in [-0.2, -0.15) is 0 Å². The average molecular weight is 164 g/mol. The molecule has 0 fully saturated rings. The normalized spacial score (nSPS) is 13.7. The highest BCUT2D eigenvalue weighted by Crippen LogP contribution is 2.11. The molecule has 1 aliphatic heterocycles. The predicted molar refractivity (Wildman–Crippen MR) is 44.7 cm³/mol. The zero-order chi connectivity index (χ0) is 8.55. The summed E-state index contributed by atoms with van der Waals surface area (Å²) in [7, 11) is 0. The second kappa shape index (κ2) is 2.41. The first-order valence-corrected chi connectivity index (χ1v) is 3.63. The fraction of sp³-hybridized carbons (Fsp3) is 0.125. The molecule has 12 heavy (non-hydrogen) atoms. The molecule has 1 aromatic heterocycles. The number of nitrogens with zero attached hydrogens (tertiary/aromatic N) is 1. The molecule has 62 valence electrons. The first-order chi connectivity index (χ1) is 5.77. The number of hydrogen-bond acceptors (Lipinski definition) is 2. The molecule has 2 heterocycles. The first-order valence-electron chi connectivity index (χ1n) is 3.63. The van der Waals surface area contributed by atoms with Crippen molar-refractivity contribution in [1.29, 1.82) is 0 Å². The largest absolute Gasteiger partial charge is 0.478 e. The SMILES string of the molecule is O=C(O)c1cc2n(c1)NCC=C2. The molecule has 2 rings (SSSR count). The number of carbonyl (C=O) groups is 1. The smallest absolute Gasteiger partial charge is 0.337 e. The molecule has 0 unspecified atom stereocenters. The number of carboxylic acids is 1. The van der Waals surface area contributed by atoms with E-state index in [0.29, 0.717) is 5.56 Å². The van der Waals surface area contributed by atoms with E-state index in [4.69, 9.17) is 5.11 Å². The fourth-order valence-corrected chi connectivity index (χ4v) is 1.19. The molecule has 4 heteroatoms. The van der Waals surface area contributed by atoms with Crippen molar-refractivity contribution < 1.29 is 9.90 Å². The minimum Gasteiger partial charge on any atom is -0.478 e. The summed E-state index contributed by atoms with van der Waals surface area (Å²) in [5.41, 5.74) is 4.19. The number of rotatable bonds is 1.